The Morgan fingerprint density at radius 1 is 1.27 bits per heavy atom. The number of allylic oxidation sites excluding steroid dienone is 4. The number of aliphatic hydroxyl groups is 2. The average Bonchev–Trinajstić information content (AvgIpc) is 3.07. The smallest absolute Gasteiger partial charge is 0.193 e. The van der Waals surface area contributed by atoms with Gasteiger partial charge in [-0.2, -0.15) is 0 Å². The molecule has 1 saturated heterocycles. The van der Waals surface area contributed by atoms with Gasteiger partial charge in [0.1, 0.15) is 6.61 Å². The van der Waals surface area contributed by atoms with Gasteiger partial charge in [0.2, 0.25) is 0 Å². The summed E-state index contributed by atoms with van der Waals surface area (Å²) in [5, 5.41) is 21.3. The summed E-state index contributed by atoms with van der Waals surface area (Å²) in [5.41, 5.74) is -1.12. The van der Waals surface area contributed by atoms with E-state index in [1.165, 1.54) is 0 Å². The summed E-state index contributed by atoms with van der Waals surface area (Å²) in [6.07, 6.45) is 7.04. The van der Waals surface area contributed by atoms with E-state index >= 15 is 0 Å². The van der Waals surface area contributed by atoms with Crippen LogP contribution in [-0.4, -0.2) is 52.0 Å². The van der Waals surface area contributed by atoms with Crippen LogP contribution >= 0.6 is 0 Å². The van der Waals surface area contributed by atoms with E-state index in [0.29, 0.717) is 12.8 Å². The highest BCUT2D eigenvalue weighted by Crippen LogP contribution is 2.70. The lowest BCUT2D eigenvalue weighted by molar-refractivity contribution is -0.225. The van der Waals surface area contributed by atoms with Crippen molar-refractivity contribution in [2.24, 2.45) is 28.6 Å². The van der Waals surface area contributed by atoms with Gasteiger partial charge in [0.25, 0.3) is 0 Å². The van der Waals surface area contributed by atoms with Crippen LogP contribution in [0.25, 0.3) is 0 Å². The van der Waals surface area contributed by atoms with Gasteiger partial charge in [0.05, 0.1) is 12.2 Å². The lowest BCUT2D eigenvalue weighted by Gasteiger charge is -2.59. The van der Waals surface area contributed by atoms with Crippen LogP contribution in [0.3, 0.4) is 0 Å². The third kappa shape index (κ3) is 2.34. The van der Waals surface area contributed by atoms with Crippen LogP contribution in [0.2, 0.25) is 0 Å². The zero-order chi connectivity index (χ0) is 21.7. The van der Waals surface area contributed by atoms with Crippen molar-refractivity contribution in [2.75, 3.05) is 6.61 Å². The number of ketones is 2. The van der Waals surface area contributed by atoms with Crippen molar-refractivity contribution < 1.29 is 29.3 Å². The van der Waals surface area contributed by atoms with Crippen LogP contribution in [0.15, 0.2) is 23.8 Å². The SMILES string of the molecule is CC1(C)OC2CC3C4CCC5=CC(=O)C=CC5(C)C4C(O)CC3(C)[C@]2(C(=O)CO)O1. The fourth-order valence-corrected chi connectivity index (χ4v) is 8.04. The van der Waals surface area contributed by atoms with Crippen LogP contribution in [0, 0.1) is 28.6 Å². The molecule has 1 aliphatic heterocycles. The maximum Gasteiger partial charge on any atom is 0.193 e. The first-order valence-electron chi connectivity index (χ1n) is 11.1. The van der Waals surface area contributed by atoms with Crippen molar-refractivity contribution in [1.82, 2.24) is 0 Å². The summed E-state index contributed by atoms with van der Waals surface area (Å²) in [6.45, 7) is 7.19. The standard InChI is InChI=1S/C24H32O6/c1-21(2)29-19-10-16-15-6-5-13-9-14(26)7-8-22(13,3)20(15)17(27)11-23(16,4)24(19,30-21)18(28)12-25/h7-9,15-17,19-20,25,27H,5-6,10-12H2,1-4H3/t15?,16?,17?,19?,20?,22?,23?,24-/m1/s1. The minimum atomic E-state index is -1.24. The molecular formula is C24H32O6. The molecule has 0 amide bonds. The Morgan fingerprint density at radius 3 is 2.70 bits per heavy atom. The first-order valence-corrected chi connectivity index (χ1v) is 11.1. The molecule has 4 aliphatic carbocycles. The van der Waals surface area contributed by atoms with Gasteiger partial charge in [0.15, 0.2) is 23.0 Å². The third-order valence-corrected chi connectivity index (χ3v) is 9.05. The molecule has 4 fully saturated rings. The van der Waals surface area contributed by atoms with Crippen molar-refractivity contribution in [3.8, 4) is 0 Å². The molecule has 1 heterocycles. The summed E-state index contributed by atoms with van der Waals surface area (Å²) in [5.74, 6) is -0.947. The highest BCUT2D eigenvalue weighted by Gasteiger charge is 2.76. The maximum atomic E-state index is 13.2. The zero-order valence-electron chi connectivity index (χ0n) is 18.2. The summed E-state index contributed by atoms with van der Waals surface area (Å²) in [6, 6.07) is 0. The number of carbonyl (C=O) groups is 2. The summed E-state index contributed by atoms with van der Waals surface area (Å²) in [7, 11) is 0. The van der Waals surface area contributed by atoms with Gasteiger partial charge in [0, 0.05) is 16.7 Å². The van der Waals surface area contributed by atoms with E-state index in [2.05, 4.69) is 6.92 Å². The lowest BCUT2D eigenvalue weighted by atomic mass is 9.46. The predicted octanol–water partition coefficient (Wildman–Crippen LogP) is 2.33. The number of rotatable bonds is 2. The maximum absolute atomic E-state index is 13.2. The fraction of sp³-hybridized carbons (Fsp3) is 0.750. The normalized spacial score (nSPS) is 50.9. The number of Topliss-reactive ketones (excluding diaryl/α,β-unsaturated/α-hetero) is 1. The Labute approximate surface area is 177 Å². The third-order valence-electron chi connectivity index (χ3n) is 9.05. The van der Waals surface area contributed by atoms with Crippen LogP contribution < -0.4 is 0 Å². The molecule has 30 heavy (non-hydrogen) atoms. The molecule has 0 bridgehead atoms. The number of ether oxygens (including phenoxy) is 2. The van der Waals surface area contributed by atoms with Crippen LogP contribution in [-0.2, 0) is 19.1 Å². The minimum absolute atomic E-state index is 0.0167. The fourth-order valence-electron chi connectivity index (χ4n) is 8.04. The Hall–Kier alpha value is -1.34. The Kier molecular flexibility index (Phi) is 4.20. The van der Waals surface area contributed by atoms with E-state index in [4.69, 9.17) is 9.47 Å². The van der Waals surface area contributed by atoms with Gasteiger partial charge >= 0.3 is 0 Å². The molecule has 7 unspecified atom stereocenters. The summed E-state index contributed by atoms with van der Waals surface area (Å²) < 4.78 is 12.6. The number of hydrogen-bond donors (Lipinski definition) is 2. The summed E-state index contributed by atoms with van der Waals surface area (Å²) >= 11 is 0. The van der Waals surface area contributed by atoms with Crippen molar-refractivity contribution in [1.29, 1.82) is 0 Å². The molecule has 164 valence electrons. The topological polar surface area (TPSA) is 93.1 Å². The Morgan fingerprint density at radius 2 is 2.00 bits per heavy atom. The first kappa shape index (κ1) is 20.6. The minimum Gasteiger partial charge on any atom is -0.393 e. The first-order chi connectivity index (χ1) is 14.0. The molecule has 3 saturated carbocycles. The van der Waals surface area contributed by atoms with Gasteiger partial charge in [-0.25, -0.2) is 0 Å². The largest absolute Gasteiger partial charge is 0.393 e. The van der Waals surface area contributed by atoms with E-state index in [9.17, 15) is 19.8 Å². The number of carbonyl (C=O) groups excluding carboxylic acids is 2. The Bertz CT molecular complexity index is 873. The van der Waals surface area contributed by atoms with Gasteiger partial charge in [-0.05, 0) is 63.5 Å². The van der Waals surface area contributed by atoms with Crippen LogP contribution in [0.1, 0.15) is 53.4 Å². The average molecular weight is 417 g/mol. The van der Waals surface area contributed by atoms with Gasteiger partial charge < -0.3 is 19.7 Å². The molecular weight excluding hydrogens is 384 g/mol. The zero-order valence-corrected chi connectivity index (χ0v) is 18.2. The molecule has 0 aromatic heterocycles. The molecule has 0 spiro atoms. The van der Waals surface area contributed by atoms with Gasteiger partial charge in [-0.15, -0.1) is 0 Å². The van der Waals surface area contributed by atoms with Gasteiger partial charge in [-0.3, -0.25) is 9.59 Å². The van der Waals surface area contributed by atoms with Crippen molar-refractivity contribution in [3.05, 3.63) is 23.8 Å². The summed E-state index contributed by atoms with van der Waals surface area (Å²) in [4.78, 5) is 25.1. The molecule has 6 nitrogen and oxygen atoms in total. The molecule has 5 rings (SSSR count). The van der Waals surface area contributed by atoms with Crippen molar-refractivity contribution >= 4 is 11.6 Å². The molecule has 8 atom stereocenters. The van der Waals surface area contributed by atoms with E-state index in [1.807, 2.05) is 13.0 Å². The van der Waals surface area contributed by atoms with Crippen molar-refractivity contribution in [3.63, 3.8) is 0 Å². The number of hydrogen-bond acceptors (Lipinski definition) is 6. The van der Waals surface area contributed by atoms with Crippen LogP contribution in [0.4, 0.5) is 0 Å². The number of aliphatic hydroxyl groups excluding tert-OH is 2. The van der Waals surface area contributed by atoms with E-state index in [1.54, 1.807) is 26.0 Å². The van der Waals surface area contributed by atoms with Crippen molar-refractivity contribution in [2.45, 2.75) is 77.0 Å². The molecule has 2 N–H and O–H groups in total. The quantitative estimate of drug-likeness (QED) is 0.718. The number of fused-ring (bicyclic) bond motifs is 7. The van der Waals surface area contributed by atoms with E-state index in [-0.39, 0.29) is 34.7 Å². The van der Waals surface area contributed by atoms with Gasteiger partial charge in [-0.1, -0.05) is 25.5 Å². The lowest BCUT2D eigenvalue weighted by Crippen LogP contribution is -2.63. The second-order valence-corrected chi connectivity index (χ2v) is 10.9. The molecule has 0 aromatic rings. The molecule has 0 radical (unpaired) electrons. The predicted molar refractivity (Wildman–Crippen MR) is 108 cm³/mol. The highest BCUT2D eigenvalue weighted by molar-refractivity contribution is 6.01. The monoisotopic (exact) mass is 416 g/mol. The van der Waals surface area contributed by atoms with E-state index in [0.717, 1.165) is 18.4 Å². The molecule has 0 aromatic carbocycles. The Balaban J connectivity index is 1.59. The highest BCUT2D eigenvalue weighted by atomic mass is 16.8. The van der Waals surface area contributed by atoms with Crippen LogP contribution in [0.5, 0.6) is 0 Å². The molecule has 6 heteroatoms. The second-order valence-electron chi connectivity index (χ2n) is 10.9. The second kappa shape index (κ2) is 6.12. The molecule has 5 aliphatic rings. The van der Waals surface area contributed by atoms with E-state index < -0.39 is 35.6 Å².